The molecule has 0 unspecified atom stereocenters. The zero-order valence-electron chi connectivity index (χ0n) is 11.4. The van der Waals surface area contributed by atoms with E-state index in [0.717, 1.165) is 16.6 Å². The van der Waals surface area contributed by atoms with Gasteiger partial charge in [0.1, 0.15) is 0 Å². The molecule has 2 N–H and O–H groups in total. The first-order valence-corrected chi connectivity index (χ1v) is 7.16. The Labute approximate surface area is 117 Å². The van der Waals surface area contributed by atoms with Gasteiger partial charge in [-0.1, -0.05) is 41.1 Å². The number of aromatic nitrogens is 3. The van der Waals surface area contributed by atoms with Gasteiger partial charge < -0.3 is 5.32 Å². The van der Waals surface area contributed by atoms with Gasteiger partial charge in [-0.2, -0.15) is 4.98 Å². The van der Waals surface area contributed by atoms with Crippen molar-refractivity contribution in [3.05, 3.63) is 41.5 Å². The molecule has 0 bridgehead atoms. The summed E-state index contributed by atoms with van der Waals surface area (Å²) in [5.74, 6) is 1.53. The third-order valence-corrected chi connectivity index (χ3v) is 3.76. The van der Waals surface area contributed by atoms with Crippen LogP contribution in [-0.4, -0.2) is 20.9 Å². The van der Waals surface area contributed by atoms with E-state index < -0.39 is 0 Å². The molecule has 5 heteroatoms. The van der Waals surface area contributed by atoms with Gasteiger partial charge in [0, 0.05) is 11.4 Å². The van der Waals surface area contributed by atoms with Crippen molar-refractivity contribution in [1.29, 1.82) is 0 Å². The van der Waals surface area contributed by atoms with E-state index in [1.165, 1.54) is 11.1 Å². The molecule has 4 nitrogen and oxygen atoms in total. The van der Waals surface area contributed by atoms with Crippen LogP contribution in [0.4, 0.5) is 11.6 Å². The summed E-state index contributed by atoms with van der Waals surface area (Å²) in [5, 5.41) is 11.1. The van der Waals surface area contributed by atoms with Crippen LogP contribution in [0.25, 0.3) is 0 Å². The molecule has 0 saturated heterocycles. The first kappa shape index (κ1) is 13.7. The Morgan fingerprint density at radius 2 is 2.11 bits per heavy atom. The van der Waals surface area contributed by atoms with Crippen molar-refractivity contribution in [1.82, 2.24) is 15.2 Å². The van der Waals surface area contributed by atoms with E-state index in [-0.39, 0.29) is 0 Å². The van der Waals surface area contributed by atoms with Gasteiger partial charge in [-0.15, -0.1) is 5.10 Å². The molecule has 0 spiro atoms. The Kier molecular flexibility index (Phi) is 4.63. The normalized spacial score (nSPS) is 11.6. The summed E-state index contributed by atoms with van der Waals surface area (Å²) in [7, 11) is 0. The van der Waals surface area contributed by atoms with Crippen LogP contribution in [0.1, 0.15) is 19.4 Å². The molecule has 0 aliphatic rings. The number of hydrogen-bond acceptors (Lipinski definition) is 4. The van der Waals surface area contributed by atoms with Crippen LogP contribution in [0.5, 0.6) is 0 Å². The number of benzene rings is 1. The molecule has 100 valence electrons. The first-order chi connectivity index (χ1) is 9.17. The number of allylic oxidation sites excluding steroid dienone is 1. The van der Waals surface area contributed by atoms with Gasteiger partial charge in [0.2, 0.25) is 5.95 Å². The van der Waals surface area contributed by atoms with Gasteiger partial charge >= 0.3 is 0 Å². The maximum absolute atomic E-state index is 4.39. The molecule has 2 aromatic rings. The third kappa shape index (κ3) is 4.13. The van der Waals surface area contributed by atoms with Crippen LogP contribution < -0.4 is 5.32 Å². The standard InChI is InChI=1S/C14H18N4S/c1-4-10(2)9-19-14-16-13(17-18-14)15-12-7-5-11(3)6-8-12/h4-8H,9H2,1-3H3,(H2,15,16,17,18)/b10-4+. The number of H-pyrrole nitrogens is 1. The van der Waals surface area contributed by atoms with Gasteiger partial charge in [-0.3, -0.25) is 5.10 Å². The van der Waals surface area contributed by atoms with Crippen molar-refractivity contribution in [3.63, 3.8) is 0 Å². The molecule has 0 saturated carbocycles. The molecule has 0 aliphatic carbocycles. The smallest absolute Gasteiger partial charge is 0.247 e. The van der Waals surface area contributed by atoms with Crippen LogP contribution in [0.2, 0.25) is 0 Å². The predicted octanol–water partition coefficient (Wildman–Crippen LogP) is 3.92. The maximum Gasteiger partial charge on any atom is 0.247 e. The lowest BCUT2D eigenvalue weighted by Gasteiger charge is -2.01. The molecule has 1 aromatic carbocycles. The SMILES string of the molecule is C/C=C(\C)CSc1nc(Nc2ccc(C)cc2)n[nH]1. The van der Waals surface area contributed by atoms with Crippen LogP contribution in [0.3, 0.4) is 0 Å². The van der Waals surface area contributed by atoms with Gasteiger partial charge in [0.15, 0.2) is 5.16 Å². The Morgan fingerprint density at radius 3 is 2.79 bits per heavy atom. The zero-order chi connectivity index (χ0) is 13.7. The second-order valence-electron chi connectivity index (χ2n) is 4.38. The van der Waals surface area contributed by atoms with Gasteiger partial charge in [-0.05, 0) is 32.9 Å². The summed E-state index contributed by atoms with van der Waals surface area (Å²) >= 11 is 1.65. The lowest BCUT2D eigenvalue weighted by atomic mass is 10.2. The van der Waals surface area contributed by atoms with E-state index >= 15 is 0 Å². The van der Waals surface area contributed by atoms with E-state index in [1.807, 2.05) is 19.1 Å². The highest BCUT2D eigenvalue weighted by molar-refractivity contribution is 7.99. The van der Waals surface area contributed by atoms with Crippen molar-refractivity contribution >= 4 is 23.4 Å². The Hall–Kier alpha value is -1.75. The number of hydrogen-bond donors (Lipinski definition) is 2. The van der Waals surface area contributed by atoms with Crippen molar-refractivity contribution in [3.8, 4) is 0 Å². The summed E-state index contributed by atoms with van der Waals surface area (Å²) < 4.78 is 0. The average molecular weight is 274 g/mol. The first-order valence-electron chi connectivity index (χ1n) is 6.18. The minimum Gasteiger partial charge on any atom is -0.323 e. The number of rotatable bonds is 5. The molecule has 0 atom stereocenters. The molecule has 0 radical (unpaired) electrons. The minimum atomic E-state index is 0.601. The summed E-state index contributed by atoms with van der Waals surface area (Å²) in [5.41, 5.74) is 3.55. The lowest BCUT2D eigenvalue weighted by Crippen LogP contribution is -1.92. The van der Waals surface area contributed by atoms with E-state index in [0.29, 0.717) is 5.95 Å². The van der Waals surface area contributed by atoms with E-state index in [2.05, 4.69) is 52.6 Å². The second-order valence-corrected chi connectivity index (χ2v) is 5.34. The quantitative estimate of drug-likeness (QED) is 0.641. The molecular formula is C14H18N4S. The van der Waals surface area contributed by atoms with E-state index in [9.17, 15) is 0 Å². The van der Waals surface area contributed by atoms with Crippen molar-refractivity contribution in [2.45, 2.75) is 25.9 Å². The van der Waals surface area contributed by atoms with Crippen molar-refractivity contribution in [2.24, 2.45) is 0 Å². The molecule has 2 rings (SSSR count). The minimum absolute atomic E-state index is 0.601. The third-order valence-electron chi connectivity index (χ3n) is 2.70. The summed E-state index contributed by atoms with van der Waals surface area (Å²) in [6, 6.07) is 8.14. The highest BCUT2D eigenvalue weighted by Gasteiger charge is 2.04. The fourth-order valence-electron chi connectivity index (χ4n) is 1.40. The van der Waals surface area contributed by atoms with Crippen molar-refractivity contribution in [2.75, 3.05) is 11.1 Å². The number of aromatic amines is 1. The number of anilines is 2. The fraction of sp³-hybridized carbons (Fsp3) is 0.286. The highest BCUT2D eigenvalue weighted by Crippen LogP contribution is 2.19. The van der Waals surface area contributed by atoms with E-state index in [1.54, 1.807) is 11.8 Å². The van der Waals surface area contributed by atoms with Crippen LogP contribution in [0.15, 0.2) is 41.1 Å². The number of aryl methyl sites for hydroxylation is 1. The fourth-order valence-corrected chi connectivity index (χ4v) is 2.19. The average Bonchev–Trinajstić information content (AvgIpc) is 2.86. The van der Waals surface area contributed by atoms with Crippen LogP contribution in [-0.2, 0) is 0 Å². The van der Waals surface area contributed by atoms with Crippen molar-refractivity contribution < 1.29 is 0 Å². The Balaban J connectivity index is 1.95. The monoisotopic (exact) mass is 274 g/mol. The molecule has 0 aliphatic heterocycles. The number of thioether (sulfide) groups is 1. The van der Waals surface area contributed by atoms with Crippen LogP contribution in [0, 0.1) is 6.92 Å². The van der Waals surface area contributed by atoms with Crippen LogP contribution >= 0.6 is 11.8 Å². The zero-order valence-corrected chi connectivity index (χ0v) is 12.2. The molecule has 0 fully saturated rings. The number of nitrogens with one attached hydrogen (secondary N) is 2. The van der Waals surface area contributed by atoms with E-state index in [4.69, 9.17) is 0 Å². The van der Waals surface area contributed by atoms with Gasteiger partial charge in [-0.25, -0.2) is 0 Å². The lowest BCUT2D eigenvalue weighted by molar-refractivity contribution is 0.974. The Morgan fingerprint density at radius 1 is 1.37 bits per heavy atom. The summed E-state index contributed by atoms with van der Waals surface area (Å²) in [4.78, 5) is 4.39. The molecule has 1 heterocycles. The number of nitrogens with zero attached hydrogens (tertiary/aromatic N) is 2. The maximum atomic E-state index is 4.39. The largest absolute Gasteiger partial charge is 0.323 e. The molecule has 1 aromatic heterocycles. The highest BCUT2D eigenvalue weighted by atomic mass is 32.2. The molecule has 0 amide bonds. The summed E-state index contributed by atoms with van der Waals surface area (Å²) in [6.45, 7) is 6.21. The van der Waals surface area contributed by atoms with Gasteiger partial charge in [0.05, 0.1) is 0 Å². The Bertz CT molecular complexity index is 557. The predicted molar refractivity (Wildman–Crippen MR) is 81.0 cm³/mol. The van der Waals surface area contributed by atoms with Gasteiger partial charge in [0.25, 0.3) is 0 Å². The molecular weight excluding hydrogens is 256 g/mol. The molecule has 19 heavy (non-hydrogen) atoms. The summed E-state index contributed by atoms with van der Waals surface area (Å²) in [6.07, 6.45) is 2.11. The second kappa shape index (κ2) is 6.43. The topological polar surface area (TPSA) is 53.6 Å².